The highest BCUT2D eigenvalue weighted by molar-refractivity contribution is 5.69. The molecule has 3 heterocycles. The molecule has 0 aromatic carbocycles. The minimum atomic E-state index is -2.74. The van der Waals surface area contributed by atoms with E-state index in [2.05, 4.69) is 30.8 Å². The molecule has 35 heavy (non-hydrogen) atoms. The lowest BCUT2D eigenvalue weighted by Crippen LogP contribution is -2.68. The Bertz CT molecular complexity index is 1240. The SMILES string of the molecule is COCc1cn2c(Nc3cc(C4CCC(OC(=O)NC56CC(C5)C6)C4)[nH]n3)nc(C(F)F)cc2n1. The van der Waals surface area contributed by atoms with Gasteiger partial charge in [-0.1, -0.05) is 0 Å². The highest BCUT2D eigenvalue weighted by Crippen LogP contribution is 2.57. The summed E-state index contributed by atoms with van der Waals surface area (Å²) in [5.41, 5.74) is 1.46. The van der Waals surface area contributed by atoms with Crippen molar-refractivity contribution in [3.63, 3.8) is 0 Å². The van der Waals surface area contributed by atoms with E-state index < -0.39 is 6.43 Å². The van der Waals surface area contributed by atoms with E-state index in [4.69, 9.17) is 9.47 Å². The second kappa shape index (κ2) is 8.43. The Morgan fingerprint density at radius 2 is 2.11 bits per heavy atom. The van der Waals surface area contributed by atoms with Crippen LogP contribution in [0.2, 0.25) is 0 Å². The van der Waals surface area contributed by atoms with Gasteiger partial charge in [0.25, 0.3) is 6.43 Å². The standard InChI is InChI=1S/C23H27F2N7O3/c1-34-11-14-10-32-19(26-14)6-17(20(24)25)27-21(32)28-18-5-16(30-31-18)13-2-3-15(4-13)35-22(33)29-23-7-12(8-23)9-23/h5-6,10,12-13,15,20H,2-4,7-9,11H2,1H3,(H,29,33)(H2,27,28,30,31). The minimum absolute atomic E-state index is 0.00431. The molecule has 2 bridgehead atoms. The summed E-state index contributed by atoms with van der Waals surface area (Å²) >= 11 is 0. The fourth-order valence-corrected chi connectivity index (χ4v) is 5.56. The van der Waals surface area contributed by atoms with E-state index in [0.717, 1.165) is 43.7 Å². The number of aromatic amines is 1. The van der Waals surface area contributed by atoms with Gasteiger partial charge in [-0.05, 0) is 44.4 Å². The molecule has 4 fully saturated rings. The Balaban J connectivity index is 1.12. The maximum Gasteiger partial charge on any atom is 0.407 e. The van der Waals surface area contributed by atoms with Crippen LogP contribution in [0.5, 0.6) is 0 Å². The zero-order valence-electron chi connectivity index (χ0n) is 19.3. The number of nitrogens with one attached hydrogen (secondary N) is 3. The van der Waals surface area contributed by atoms with Gasteiger partial charge in [0, 0.05) is 42.6 Å². The maximum atomic E-state index is 13.4. The molecule has 0 spiro atoms. The molecule has 4 aliphatic rings. The zero-order valence-corrected chi connectivity index (χ0v) is 19.3. The van der Waals surface area contributed by atoms with E-state index in [9.17, 15) is 13.6 Å². The average molecular weight is 488 g/mol. The Morgan fingerprint density at radius 1 is 1.29 bits per heavy atom. The zero-order chi connectivity index (χ0) is 24.2. The van der Waals surface area contributed by atoms with Crippen LogP contribution in [-0.4, -0.2) is 49.4 Å². The Kier molecular flexibility index (Phi) is 5.35. The number of aromatic nitrogens is 5. The second-order valence-electron chi connectivity index (χ2n) is 9.95. The van der Waals surface area contributed by atoms with Crippen LogP contribution in [0, 0.1) is 5.92 Å². The number of methoxy groups -OCH3 is 1. The number of nitrogens with zero attached hydrogens (tertiary/aromatic N) is 4. The van der Waals surface area contributed by atoms with Crippen LogP contribution in [0.25, 0.3) is 5.65 Å². The minimum Gasteiger partial charge on any atom is -0.446 e. The van der Waals surface area contributed by atoms with Gasteiger partial charge < -0.3 is 20.1 Å². The number of amides is 1. The predicted octanol–water partition coefficient (Wildman–Crippen LogP) is 4.19. The number of ether oxygens (including phenoxy) is 2. The molecule has 3 aromatic rings. The molecule has 7 rings (SSSR count). The van der Waals surface area contributed by atoms with E-state index in [1.807, 2.05) is 6.07 Å². The van der Waals surface area contributed by atoms with Gasteiger partial charge in [0.05, 0.1) is 12.3 Å². The monoisotopic (exact) mass is 487 g/mol. The number of carbonyl (C=O) groups is 1. The lowest BCUT2D eigenvalue weighted by molar-refractivity contribution is -0.0506. The number of halogens is 2. The van der Waals surface area contributed by atoms with Crippen molar-refractivity contribution in [1.82, 2.24) is 29.9 Å². The third-order valence-electron chi connectivity index (χ3n) is 7.38. The van der Waals surface area contributed by atoms with Crippen LogP contribution in [0.4, 0.5) is 25.3 Å². The number of alkyl halides is 2. The lowest BCUT2D eigenvalue weighted by atomic mass is 9.50. The summed E-state index contributed by atoms with van der Waals surface area (Å²) in [6.45, 7) is 0.252. The number of imidazole rings is 1. The van der Waals surface area contributed by atoms with Crippen molar-refractivity contribution < 1.29 is 23.0 Å². The van der Waals surface area contributed by atoms with Crippen molar-refractivity contribution in [2.75, 3.05) is 12.4 Å². The molecule has 3 N–H and O–H groups in total. The summed E-state index contributed by atoms with van der Waals surface area (Å²) in [6, 6.07) is 3.10. The van der Waals surface area contributed by atoms with Crippen LogP contribution >= 0.6 is 0 Å². The van der Waals surface area contributed by atoms with Gasteiger partial charge in [-0.3, -0.25) is 9.50 Å². The highest BCUT2D eigenvalue weighted by atomic mass is 19.3. The largest absolute Gasteiger partial charge is 0.446 e. The van der Waals surface area contributed by atoms with Gasteiger partial charge >= 0.3 is 6.09 Å². The molecule has 186 valence electrons. The molecular weight excluding hydrogens is 460 g/mol. The van der Waals surface area contributed by atoms with E-state index in [1.54, 1.807) is 17.7 Å². The van der Waals surface area contributed by atoms with Crippen LogP contribution in [0.1, 0.15) is 68.0 Å². The van der Waals surface area contributed by atoms with Gasteiger partial charge in [-0.2, -0.15) is 5.10 Å². The third-order valence-corrected chi connectivity index (χ3v) is 7.38. The third kappa shape index (κ3) is 4.19. The fourth-order valence-electron chi connectivity index (χ4n) is 5.56. The molecule has 2 atom stereocenters. The molecule has 0 aliphatic heterocycles. The van der Waals surface area contributed by atoms with Gasteiger partial charge in [-0.15, -0.1) is 0 Å². The summed E-state index contributed by atoms with van der Waals surface area (Å²) in [5.74, 6) is 1.59. The van der Waals surface area contributed by atoms with Crippen molar-refractivity contribution in [2.24, 2.45) is 5.92 Å². The number of hydrogen-bond acceptors (Lipinski definition) is 7. The topological polar surface area (TPSA) is 118 Å². The van der Waals surface area contributed by atoms with Gasteiger partial charge in [-0.25, -0.2) is 23.5 Å². The lowest BCUT2D eigenvalue weighted by Gasteiger charge is -2.61. The molecule has 1 amide bonds. The first-order valence-electron chi connectivity index (χ1n) is 11.9. The van der Waals surface area contributed by atoms with E-state index >= 15 is 0 Å². The highest BCUT2D eigenvalue weighted by Gasteiger charge is 2.57. The first-order valence-corrected chi connectivity index (χ1v) is 11.9. The number of carbonyl (C=O) groups excluding carboxylic acids is 1. The van der Waals surface area contributed by atoms with E-state index in [0.29, 0.717) is 23.6 Å². The Morgan fingerprint density at radius 3 is 2.83 bits per heavy atom. The Hall–Kier alpha value is -3.28. The number of H-pyrrole nitrogens is 1. The smallest absolute Gasteiger partial charge is 0.407 e. The fraction of sp³-hybridized carbons (Fsp3) is 0.565. The van der Waals surface area contributed by atoms with Crippen LogP contribution in [0.15, 0.2) is 18.3 Å². The van der Waals surface area contributed by atoms with E-state index in [1.165, 1.54) is 6.07 Å². The molecule has 4 aliphatic carbocycles. The van der Waals surface area contributed by atoms with E-state index in [-0.39, 0.29) is 41.9 Å². The van der Waals surface area contributed by atoms with Crippen LogP contribution in [0.3, 0.4) is 0 Å². The molecular formula is C23H27F2N7O3. The first kappa shape index (κ1) is 22.2. The van der Waals surface area contributed by atoms with Crippen LogP contribution < -0.4 is 10.6 Å². The van der Waals surface area contributed by atoms with Crippen molar-refractivity contribution >= 4 is 23.5 Å². The number of alkyl carbamates (subject to hydrolysis) is 1. The predicted molar refractivity (Wildman–Crippen MR) is 121 cm³/mol. The molecule has 3 aromatic heterocycles. The first-order chi connectivity index (χ1) is 16.9. The van der Waals surface area contributed by atoms with Crippen molar-refractivity contribution in [3.05, 3.63) is 35.4 Å². The average Bonchev–Trinajstić information content (AvgIpc) is 3.49. The van der Waals surface area contributed by atoms with Crippen molar-refractivity contribution in [1.29, 1.82) is 0 Å². The summed E-state index contributed by atoms with van der Waals surface area (Å²) in [4.78, 5) is 20.7. The van der Waals surface area contributed by atoms with Gasteiger partial charge in [0.2, 0.25) is 5.95 Å². The molecule has 4 saturated carbocycles. The number of anilines is 2. The number of fused-ring (bicyclic) bond motifs is 1. The molecule has 0 radical (unpaired) electrons. The summed E-state index contributed by atoms with van der Waals surface area (Å²) in [5, 5.41) is 13.4. The van der Waals surface area contributed by atoms with Crippen LogP contribution in [-0.2, 0) is 16.1 Å². The van der Waals surface area contributed by atoms with Gasteiger partial charge in [0.15, 0.2) is 5.82 Å². The summed E-state index contributed by atoms with van der Waals surface area (Å²) < 4.78 is 39.2. The Labute approximate surface area is 199 Å². The molecule has 0 saturated heterocycles. The molecule has 10 nitrogen and oxygen atoms in total. The van der Waals surface area contributed by atoms with Gasteiger partial charge in [0.1, 0.15) is 17.4 Å². The molecule has 12 heteroatoms. The normalized spacial score (nSPS) is 27.0. The van der Waals surface area contributed by atoms with Crippen molar-refractivity contribution in [2.45, 2.75) is 69.1 Å². The maximum absolute atomic E-state index is 13.4. The summed E-state index contributed by atoms with van der Waals surface area (Å²) in [6.07, 6.45) is 4.08. The molecule has 2 unspecified atom stereocenters. The second-order valence-corrected chi connectivity index (χ2v) is 9.95. The quantitative estimate of drug-likeness (QED) is 0.436. The number of hydrogen-bond donors (Lipinski definition) is 3. The number of rotatable bonds is 8. The van der Waals surface area contributed by atoms with Crippen molar-refractivity contribution in [3.8, 4) is 0 Å². The summed E-state index contributed by atoms with van der Waals surface area (Å²) in [7, 11) is 1.54.